The lowest BCUT2D eigenvalue weighted by Crippen LogP contribution is -2.66. The summed E-state index contributed by atoms with van der Waals surface area (Å²) in [5.74, 6) is 0.652. The summed E-state index contributed by atoms with van der Waals surface area (Å²) in [6.45, 7) is 42.5. The Kier molecular flexibility index (Phi) is 15.3. The minimum absolute atomic E-state index is 0.0318. The number of hydrogen-bond acceptors (Lipinski definition) is 8. The van der Waals surface area contributed by atoms with Gasteiger partial charge in [-0.3, -0.25) is 4.57 Å². The van der Waals surface area contributed by atoms with Gasteiger partial charge in [-0.05, 0) is 82.7 Å². The fraction of sp³-hybridized carbons (Fsp3) is 0.566. The molecular weight excluding hydrogens is 885 g/mol. The molecule has 0 spiro atoms. The first-order valence-electron chi connectivity index (χ1n) is 24.2. The van der Waals surface area contributed by atoms with Crippen molar-refractivity contribution in [2.75, 3.05) is 13.2 Å². The van der Waals surface area contributed by atoms with Gasteiger partial charge in [-0.1, -0.05) is 174 Å². The molecule has 0 N–H and O–H groups in total. The zero-order chi connectivity index (χ0) is 48.7. The van der Waals surface area contributed by atoms with Crippen molar-refractivity contribution in [3.63, 3.8) is 0 Å². The predicted molar refractivity (Wildman–Crippen MR) is 284 cm³/mol. The molecule has 13 heteroatoms. The van der Waals surface area contributed by atoms with Crippen LogP contribution in [0.4, 0.5) is 0 Å². The second-order valence-corrected chi connectivity index (χ2v) is 42.7. The molecule has 0 aliphatic carbocycles. The maximum absolute atomic E-state index is 7.57. The molecule has 4 atom stereocenters. The van der Waals surface area contributed by atoms with Crippen LogP contribution < -0.4 is 10.4 Å². The van der Waals surface area contributed by atoms with Crippen molar-refractivity contribution in [2.24, 2.45) is 0 Å². The van der Waals surface area contributed by atoms with E-state index < -0.39 is 45.6 Å². The molecule has 2 aromatic heterocycles. The second-order valence-electron chi connectivity index (χ2n) is 24.1. The van der Waals surface area contributed by atoms with Gasteiger partial charge >= 0.3 is 0 Å². The Hall–Kier alpha value is -3.12. The maximum atomic E-state index is 7.57. The highest BCUT2D eigenvalue weighted by Crippen LogP contribution is 2.47. The van der Waals surface area contributed by atoms with Gasteiger partial charge in [-0.15, -0.1) is 0 Å². The van der Waals surface area contributed by atoms with Gasteiger partial charge in [0.2, 0.25) is 0 Å². The molecule has 9 nitrogen and oxygen atoms in total. The molecule has 66 heavy (non-hydrogen) atoms. The maximum Gasteiger partial charge on any atom is 0.261 e. The van der Waals surface area contributed by atoms with E-state index in [1.54, 1.807) is 0 Å². The molecule has 6 rings (SSSR count). The van der Waals surface area contributed by atoms with Crippen LogP contribution in [0.2, 0.25) is 59.4 Å². The molecule has 5 aromatic rings. The van der Waals surface area contributed by atoms with E-state index in [1.807, 2.05) is 24.5 Å². The lowest BCUT2D eigenvalue weighted by Gasteiger charge is -2.44. The molecule has 1 saturated heterocycles. The van der Waals surface area contributed by atoms with Crippen LogP contribution in [-0.2, 0) is 28.9 Å². The molecule has 360 valence electrons. The Morgan fingerprint density at radius 3 is 1.55 bits per heavy atom. The van der Waals surface area contributed by atoms with E-state index in [4.69, 9.17) is 37.4 Å². The van der Waals surface area contributed by atoms with Crippen LogP contribution in [0, 0.1) is 0 Å². The van der Waals surface area contributed by atoms with E-state index >= 15 is 0 Å². The van der Waals surface area contributed by atoms with Crippen LogP contribution in [0.1, 0.15) is 101 Å². The number of nitrogens with zero attached hydrogens (tertiary/aromatic N) is 4. The number of imidazole rings is 1. The highest BCUT2D eigenvalue weighted by Gasteiger charge is 2.55. The highest BCUT2D eigenvalue weighted by molar-refractivity contribution is 6.99. The quantitative estimate of drug-likeness (QED) is 0.0714. The van der Waals surface area contributed by atoms with Crippen molar-refractivity contribution < 1.29 is 22.4 Å². The number of rotatable bonds is 16. The molecule has 0 saturated carbocycles. The molecule has 0 radical (unpaired) electrons. The Balaban J connectivity index is 1.44. The molecule has 3 aromatic carbocycles. The van der Waals surface area contributed by atoms with Crippen molar-refractivity contribution in [3.8, 4) is 11.4 Å². The van der Waals surface area contributed by atoms with Crippen LogP contribution >= 0.6 is 0 Å². The molecule has 1 aliphatic heterocycles. The lowest BCUT2D eigenvalue weighted by atomic mass is 10.1. The Labute approximate surface area is 402 Å². The molecule has 0 bridgehead atoms. The average Bonchev–Trinajstić information content (AvgIpc) is 3.79. The monoisotopic (exact) mass is 967 g/mol. The minimum atomic E-state index is -2.73. The highest BCUT2D eigenvalue weighted by atomic mass is 28.4. The summed E-state index contributed by atoms with van der Waals surface area (Å²) in [5, 5.41) is 2.36. The van der Waals surface area contributed by atoms with Gasteiger partial charge in [0.1, 0.15) is 23.8 Å². The average molecular weight is 968 g/mol. The number of benzene rings is 3. The number of fused-ring (bicyclic) bond motifs is 1. The fourth-order valence-corrected chi connectivity index (χ4v) is 16.4. The second kappa shape index (κ2) is 19.3. The van der Waals surface area contributed by atoms with E-state index in [9.17, 15) is 0 Å². The smallest absolute Gasteiger partial charge is 0.261 e. The van der Waals surface area contributed by atoms with Gasteiger partial charge < -0.3 is 22.4 Å². The fourth-order valence-electron chi connectivity index (χ4n) is 8.15. The summed E-state index contributed by atoms with van der Waals surface area (Å²) in [6.07, 6.45) is 1.54. The third-order valence-electron chi connectivity index (χ3n) is 15.3. The summed E-state index contributed by atoms with van der Waals surface area (Å²) in [5.41, 5.74) is 3.31. The number of hydrogen-bond donors (Lipinski definition) is 0. The lowest BCUT2D eigenvalue weighted by molar-refractivity contribution is -0.0470. The first-order chi connectivity index (χ1) is 30.5. The standard InChI is InChI=1S/C53H82N4O5Si4/c1-50(2,3)63(13,14)59-37-43-45(61-64(15,16)51(4,5)6)46(62-65(17,18)52(7,8)9)49(60-43)57-38-54-44-42(55-47(56-48(44)57)39-29-22-19-23-30-39)35-28-36-58-66(53(10,11)12,40-31-24-20-25-32-40)41-33-26-21-27-34-41/h19-27,29-34,38,43,45-46,49H,28,35-37H2,1-18H3/t43-,45-,46-,49-/m1/s1. The third kappa shape index (κ3) is 10.8. The zero-order valence-corrected chi connectivity index (χ0v) is 47.7. The Morgan fingerprint density at radius 1 is 0.576 bits per heavy atom. The summed E-state index contributed by atoms with van der Waals surface area (Å²) in [6, 6.07) is 31.9. The topological polar surface area (TPSA) is 89.8 Å². The normalized spacial score (nSPS) is 19.5. The number of ether oxygens (including phenoxy) is 1. The van der Waals surface area contributed by atoms with Crippen LogP contribution in [0.15, 0.2) is 97.3 Å². The van der Waals surface area contributed by atoms with Crippen molar-refractivity contribution in [1.29, 1.82) is 0 Å². The first-order valence-corrected chi connectivity index (χ1v) is 34.8. The Morgan fingerprint density at radius 2 is 1.06 bits per heavy atom. The molecule has 1 fully saturated rings. The number of aryl methyl sites for hydroxylation is 1. The van der Waals surface area contributed by atoms with Crippen molar-refractivity contribution in [1.82, 2.24) is 19.5 Å². The van der Waals surface area contributed by atoms with Gasteiger partial charge in [0, 0.05) is 12.2 Å². The van der Waals surface area contributed by atoms with Gasteiger partial charge in [-0.2, -0.15) is 0 Å². The van der Waals surface area contributed by atoms with E-state index in [1.165, 1.54) is 10.4 Å². The first kappa shape index (κ1) is 52.3. The third-order valence-corrected chi connectivity index (χ3v) is 33.8. The number of aromatic nitrogens is 4. The van der Waals surface area contributed by atoms with Crippen LogP contribution in [0.25, 0.3) is 22.6 Å². The minimum Gasteiger partial charge on any atom is -0.414 e. The summed E-state index contributed by atoms with van der Waals surface area (Å²) in [4.78, 5) is 15.8. The van der Waals surface area contributed by atoms with Crippen molar-refractivity contribution >= 4 is 54.8 Å². The van der Waals surface area contributed by atoms with E-state index in [-0.39, 0.29) is 32.4 Å². The van der Waals surface area contributed by atoms with Crippen LogP contribution in [0.3, 0.4) is 0 Å². The van der Waals surface area contributed by atoms with Crippen LogP contribution in [-0.4, -0.2) is 84.3 Å². The van der Waals surface area contributed by atoms with E-state index in [2.05, 4.69) is 200 Å². The van der Waals surface area contributed by atoms with Gasteiger partial charge in [-0.25, -0.2) is 15.0 Å². The molecule has 1 aliphatic rings. The van der Waals surface area contributed by atoms with Crippen LogP contribution in [0.5, 0.6) is 0 Å². The zero-order valence-electron chi connectivity index (χ0n) is 43.7. The van der Waals surface area contributed by atoms with Gasteiger partial charge in [0.15, 0.2) is 42.7 Å². The SMILES string of the molecule is CC(C)(C)[Si](C)(C)OC[C@H]1O[C@@H](n2cnc3c(CCCO[Si](c4ccccc4)(c4ccccc4)C(C)(C)C)nc(-c4ccccc4)nc32)[C@H](O[Si](C)(C)C(C)(C)C)[C@@H]1O[Si](C)(C)C(C)(C)C. The van der Waals surface area contributed by atoms with Crippen molar-refractivity contribution in [2.45, 2.75) is 180 Å². The largest absolute Gasteiger partial charge is 0.414 e. The molecule has 0 unspecified atom stereocenters. The van der Waals surface area contributed by atoms with E-state index in [0.717, 1.165) is 28.8 Å². The molecular formula is C53H82N4O5Si4. The predicted octanol–water partition coefficient (Wildman–Crippen LogP) is 12.7. The van der Waals surface area contributed by atoms with Crippen molar-refractivity contribution in [3.05, 3.63) is 103 Å². The summed E-state index contributed by atoms with van der Waals surface area (Å²) in [7, 11) is -9.64. The summed E-state index contributed by atoms with van der Waals surface area (Å²) >= 11 is 0. The van der Waals surface area contributed by atoms with E-state index in [0.29, 0.717) is 25.5 Å². The summed E-state index contributed by atoms with van der Waals surface area (Å²) < 4.78 is 38.9. The Bertz CT molecular complexity index is 2330. The molecule has 3 heterocycles. The van der Waals surface area contributed by atoms with Gasteiger partial charge in [0.05, 0.1) is 18.6 Å². The van der Waals surface area contributed by atoms with Gasteiger partial charge in [0.25, 0.3) is 8.32 Å². The molecule has 0 amide bonds.